The number of carbonyl (C=O) groups is 2. The van der Waals surface area contributed by atoms with Gasteiger partial charge in [-0.05, 0) is 46.1 Å². The second kappa shape index (κ2) is 8.80. The number of esters is 1. The van der Waals surface area contributed by atoms with E-state index in [0.717, 1.165) is 5.56 Å². The normalized spacial score (nSPS) is 10.4. The molecule has 0 saturated heterocycles. The molecule has 0 saturated carbocycles. The number of halogens is 2. The fraction of sp³-hybridized carbons (Fsp3) is 0.0909. The molecule has 0 spiro atoms. The first-order valence-electron chi connectivity index (χ1n) is 8.43. The Morgan fingerprint density at radius 3 is 2.29 bits per heavy atom. The lowest BCUT2D eigenvalue weighted by molar-refractivity contribution is 0.0728. The fourth-order valence-electron chi connectivity index (χ4n) is 2.67. The number of hydrogen-bond acceptors (Lipinski definition) is 4. The van der Waals surface area contributed by atoms with Gasteiger partial charge < -0.3 is 9.47 Å². The van der Waals surface area contributed by atoms with Crippen molar-refractivity contribution in [3.05, 3.63) is 93.2 Å². The lowest BCUT2D eigenvalue weighted by Gasteiger charge is -2.17. The van der Waals surface area contributed by atoms with Gasteiger partial charge in [0.25, 0.3) is 0 Å². The van der Waals surface area contributed by atoms with Crippen LogP contribution in [0.15, 0.2) is 65.1 Å². The van der Waals surface area contributed by atoms with Crippen LogP contribution in [-0.4, -0.2) is 12.3 Å². The Labute approximate surface area is 170 Å². The van der Waals surface area contributed by atoms with E-state index >= 15 is 0 Å². The van der Waals surface area contributed by atoms with Crippen molar-refractivity contribution in [2.45, 2.75) is 13.5 Å². The monoisotopic (exact) mass is 442 g/mol. The van der Waals surface area contributed by atoms with E-state index in [9.17, 15) is 14.0 Å². The number of aldehydes is 1. The first-order chi connectivity index (χ1) is 13.5. The van der Waals surface area contributed by atoms with E-state index < -0.39 is 11.8 Å². The highest BCUT2D eigenvalue weighted by Crippen LogP contribution is 2.36. The third-order valence-corrected chi connectivity index (χ3v) is 5.05. The number of benzene rings is 3. The lowest BCUT2D eigenvalue weighted by Crippen LogP contribution is -2.16. The Hall–Kier alpha value is -2.99. The molecule has 0 heterocycles. The molecule has 6 heteroatoms. The Balaban J connectivity index is 2.04. The molecule has 0 N–H and O–H groups in total. The van der Waals surface area contributed by atoms with E-state index in [4.69, 9.17) is 9.47 Å². The molecule has 0 aliphatic heterocycles. The summed E-state index contributed by atoms with van der Waals surface area (Å²) >= 11 is 3.11. The van der Waals surface area contributed by atoms with E-state index in [1.807, 2.05) is 30.3 Å². The second-order valence-corrected chi connectivity index (χ2v) is 6.76. The zero-order valence-electron chi connectivity index (χ0n) is 14.9. The van der Waals surface area contributed by atoms with Crippen molar-refractivity contribution in [2.24, 2.45) is 0 Å². The van der Waals surface area contributed by atoms with Gasteiger partial charge in [0, 0.05) is 0 Å². The SMILES string of the molecule is Cc1c(Br)c(F)c(C=O)c(OCc2ccccc2)c1C(=O)Oc1ccccc1. The molecule has 4 nitrogen and oxygen atoms in total. The third-order valence-electron chi connectivity index (χ3n) is 4.11. The predicted octanol–water partition coefficient (Wildman–Crippen LogP) is 5.51. The van der Waals surface area contributed by atoms with Crippen LogP contribution in [-0.2, 0) is 6.61 Å². The van der Waals surface area contributed by atoms with Crippen LogP contribution in [0.2, 0.25) is 0 Å². The largest absolute Gasteiger partial charge is 0.487 e. The van der Waals surface area contributed by atoms with Crippen LogP contribution in [0, 0.1) is 12.7 Å². The molecule has 3 rings (SSSR count). The van der Waals surface area contributed by atoms with Gasteiger partial charge in [-0.3, -0.25) is 4.79 Å². The summed E-state index contributed by atoms with van der Waals surface area (Å²) in [5.41, 5.74) is 0.748. The van der Waals surface area contributed by atoms with Crippen LogP contribution in [0.1, 0.15) is 31.8 Å². The molecular formula is C22H16BrFO4. The molecule has 0 fully saturated rings. The molecule has 0 radical (unpaired) electrons. The lowest BCUT2D eigenvalue weighted by atomic mass is 10.0. The molecule has 0 aromatic heterocycles. The topological polar surface area (TPSA) is 52.6 Å². The number of rotatable bonds is 6. The summed E-state index contributed by atoms with van der Waals surface area (Å²) in [5.74, 6) is -1.34. The van der Waals surface area contributed by atoms with Crippen molar-refractivity contribution >= 4 is 28.2 Å². The summed E-state index contributed by atoms with van der Waals surface area (Å²) in [6.07, 6.45) is 0.332. The van der Waals surface area contributed by atoms with E-state index in [1.165, 1.54) is 0 Å². The van der Waals surface area contributed by atoms with Crippen LogP contribution >= 0.6 is 15.9 Å². The molecule has 0 aliphatic carbocycles. The molecule has 142 valence electrons. The maximum Gasteiger partial charge on any atom is 0.347 e. The number of para-hydroxylation sites is 1. The maximum absolute atomic E-state index is 14.6. The molecule has 0 atom stereocenters. The minimum absolute atomic E-state index is 0.00448. The van der Waals surface area contributed by atoms with Gasteiger partial charge in [0.15, 0.2) is 12.1 Å². The fourth-order valence-corrected chi connectivity index (χ4v) is 3.09. The molecule has 0 aliphatic rings. The highest BCUT2D eigenvalue weighted by Gasteiger charge is 2.27. The Kier molecular flexibility index (Phi) is 6.21. The molecular weight excluding hydrogens is 427 g/mol. The molecule has 3 aromatic rings. The van der Waals surface area contributed by atoms with Gasteiger partial charge in [0.05, 0.1) is 10.0 Å². The smallest absolute Gasteiger partial charge is 0.347 e. The second-order valence-electron chi connectivity index (χ2n) is 5.97. The van der Waals surface area contributed by atoms with Gasteiger partial charge in [-0.15, -0.1) is 0 Å². The first-order valence-corrected chi connectivity index (χ1v) is 9.23. The summed E-state index contributed by atoms with van der Waals surface area (Å²) in [6, 6.07) is 17.6. The van der Waals surface area contributed by atoms with E-state index in [0.29, 0.717) is 12.0 Å². The van der Waals surface area contributed by atoms with Crippen LogP contribution in [0.5, 0.6) is 11.5 Å². The van der Waals surface area contributed by atoms with Gasteiger partial charge in [-0.25, -0.2) is 9.18 Å². The maximum atomic E-state index is 14.6. The molecule has 28 heavy (non-hydrogen) atoms. The van der Waals surface area contributed by atoms with Crippen molar-refractivity contribution in [3.63, 3.8) is 0 Å². The Morgan fingerprint density at radius 2 is 1.68 bits per heavy atom. The van der Waals surface area contributed by atoms with Crippen LogP contribution in [0.3, 0.4) is 0 Å². The van der Waals surface area contributed by atoms with Crippen LogP contribution < -0.4 is 9.47 Å². The Morgan fingerprint density at radius 1 is 1.07 bits per heavy atom. The van der Waals surface area contributed by atoms with Crippen molar-refractivity contribution < 1.29 is 23.5 Å². The zero-order valence-corrected chi connectivity index (χ0v) is 16.5. The van der Waals surface area contributed by atoms with Gasteiger partial charge in [0.1, 0.15) is 23.7 Å². The van der Waals surface area contributed by atoms with Crippen molar-refractivity contribution in [1.82, 2.24) is 0 Å². The molecule has 0 bridgehead atoms. The highest BCUT2D eigenvalue weighted by molar-refractivity contribution is 9.10. The van der Waals surface area contributed by atoms with E-state index in [1.54, 1.807) is 37.3 Å². The van der Waals surface area contributed by atoms with Crippen molar-refractivity contribution in [1.29, 1.82) is 0 Å². The van der Waals surface area contributed by atoms with Gasteiger partial charge in [-0.2, -0.15) is 0 Å². The van der Waals surface area contributed by atoms with E-state index in [-0.39, 0.29) is 33.5 Å². The first kappa shape index (κ1) is 19.8. The van der Waals surface area contributed by atoms with Crippen molar-refractivity contribution in [2.75, 3.05) is 0 Å². The quantitative estimate of drug-likeness (QED) is 0.287. The standard InChI is InChI=1S/C22H16BrFO4/c1-14-18(22(26)28-16-10-6-3-7-11-16)21(17(12-25)20(24)19(14)23)27-13-15-8-4-2-5-9-15/h2-12H,13H2,1H3. The molecule has 0 unspecified atom stereocenters. The summed E-state index contributed by atoms with van der Waals surface area (Å²) in [7, 11) is 0. The minimum Gasteiger partial charge on any atom is -0.487 e. The summed E-state index contributed by atoms with van der Waals surface area (Å²) in [6.45, 7) is 1.62. The minimum atomic E-state index is -0.785. The number of carbonyl (C=O) groups excluding carboxylic acids is 2. The summed E-state index contributed by atoms with van der Waals surface area (Å²) in [4.78, 5) is 24.4. The average molecular weight is 443 g/mol. The molecule has 3 aromatic carbocycles. The third kappa shape index (κ3) is 4.12. The average Bonchev–Trinajstić information content (AvgIpc) is 2.72. The van der Waals surface area contributed by atoms with Crippen LogP contribution in [0.25, 0.3) is 0 Å². The highest BCUT2D eigenvalue weighted by atomic mass is 79.9. The van der Waals surface area contributed by atoms with E-state index in [2.05, 4.69) is 15.9 Å². The van der Waals surface area contributed by atoms with Crippen LogP contribution in [0.4, 0.5) is 4.39 Å². The summed E-state index contributed by atoms with van der Waals surface area (Å²) in [5, 5.41) is 0. The zero-order chi connectivity index (χ0) is 20.1. The predicted molar refractivity (Wildman–Crippen MR) is 106 cm³/mol. The molecule has 0 amide bonds. The van der Waals surface area contributed by atoms with Gasteiger partial charge in [0.2, 0.25) is 0 Å². The summed E-state index contributed by atoms with van der Waals surface area (Å²) < 4.78 is 25.7. The van der Waals surface area contributed by atoms with Gasteiger partial charge in [-0.1, -0.05) is 48.5 Å². The van der Waals surface area contributed by atoms with Crippen molar-refractivity contribution in [3.8, 4) is 11.5 Å². The number of hydrogen-bond donors (Lipinski definition) is 0. The van der Waals surface area contributed by atoms with Gasteiger partial charge >= 0.3 is 5.97 Å². The Bertz CT molecular complexity index is 1000. The number of ether oxygens (including phenoxy) is 2.